The van der Waals surface area contributed by atoms with E-state index in [1.807, 2.05) is 29.2 Å². The van der Waals surface area contributed by atoms with Crippen molar-refractivity contribution in [2.24, 2.45) is 11.5 Å². The molecule has 2 aliphatic heterocycles. The Morgan fingerprint density at radius 2 is 1.96 bits per heavy atom. The first kappa shape index (κ1) is 14.5. The molecule has 1 saturated carbocycles. The molecule has 0 unspecified atom stereocenters. The average molecular weight is 314 g/mol. The number of carbonyl (C=O) groups excluding carboxylic acids is 2. The van der Waals surface area contributed by atoms with Gasteiger partial charge in [0.1, 0.15) is 0 Å². The van der Waals surface area contributed by atoms with Gasteiger partial charge in [-0.2, -0.15) is 0 Å². The van der Waals surface area contributed by atoms with Crippen molar-refractivity contribution in [1.29, 1.82) is 0 Å². The standard InChI is InChI=1S/C17H22N4O2/c18-13-5-8-20-14(13)10-21(16(20)23)12-3-1-11(2-4-12)17(6-7-17)9-15(19)22/h1-4,13-14H,5-10,18H2,(H2,19,22)/t13-,14-/m1/s1. The van der Waals surface area contributed by atoms with Crippen molar-refractivity contribution in [3.05, 3.63) is 29.8 Å². The Hall–Kier alpha value is -2.08. The summed E-state index contributed by atoms with van der Waals surface area (Å²) in [4.78, 5) is 27.4. The van der Waals surface area contributed by atoms with Crippen molar-refractivity contribution >= 4 is 17.6 Å². The monoisotopic (exact) mass is 314 g/mol. The SMILES string of the molecule is NC(=O)CC1(c2ccc(N3C[C@@H]4[C@H](N)CCN4C3=O)cc2)CC1. The first-order valence-electron chi connectivity index (χ1n) is 8.23. The van der Waals surface area contributed by atoms with Crippen LogP contribution in [0.4, 0.5) is 10.5 Å². The molecule has 3 amide bonds. The summed E-state index contributed by atoms with van der Waals surface area (Å²) in [6.45, 7) is 1.41. The van der Waals surface area contributed by atoms with Crippen LogP contribution in [0.15, 0.2) is 24.3 Å². The molecule has 0 aromatic heterocycles. The highest BCUT2D eigenvalue weighted by atomic mass is 16.2. The van der Waals surface area contributed by atoms with Gasteiger partial charge < -0.3 is 16.4 Å². The Labute approximate surface area is 135 Å². The second-order valence-electron chi connectivity index (χ2n) is 7.08. The number of primary amides is 1. The van der Waals surface area contributed by atoms with Crippen molar-refractivity contribution in [3.8, 4) is 0 Å². The number of nitrogens with two attached hydrogens (primary N) is 2. The maximum atomic E-state index is 12.5. The van der Waals surface area contributed by atoms with Gasteiger partial charge in [-0.25, -0.2) is 4.79 Å². The van der Waals surface area contributed by atoms with E-state index in [2.05, 4.69) is 0 Å². The zero-order chi connectivity index (χ0) is 16.2. The molecule has 0 bridgehead atoms. The molecule has 0 spiro atoms. The number of hydrogen-bond donors (Lipinski definition) is 2. The van der Waals surface area contributed by atoms with Gasteiger partial charge in [-0.3, -0.25) is 9.69 Å². The molecule has 122 valence electrons. The van der Waals surface area contributed by atoms with Crippen LogP contribution in [0.25, 0.3) is 0 Å². The molecule has 3 fully saturated rings. The lowest BCUT2D eigenvalue weighted by molar-refractivity contribution is -0.118. The summed E-state index contributed by atoms with van der Waals surface area (Å²) in [5.41, 5.74) is 13.4. The first-order valence-corrected chi connectivity index (χ1v) is 8.23. The number of nitrogens with zero attached hydrogens (tertiary/aromatic N) is 2. The van der Waals surface area contributed by atoms with Gasteiger partial charge in [-0.15, -0.1) is 0 Å². The van der Waals surface area contributed by atoms with E-state index < -0.39 is 0 Å². The van der Waals surface area contributed by atoms with Gasteiger partial charge in [0.05, 0.1) is 6.04 Å². The van der Waals surface area contributed by atoms with Crippen LogP contribution in [-0.4, -0.2) is 42.0 Å². The molecule has 6 heteroatoms. The summed E-state index contributed by atoms with van der Waals surface area (Å²) in [5, 5.41) is 0. The van der Waals surface area contributed by atoms with Crippen LogP contribution in [0.1, 0.15) is 31.2 Å². The van der Waals surface area contributed by atoms with Crippen molar-refractivity contribution in [3.63, 3.8) is 0 Å². The number of carbonyl (C=O) groups is 2. The number of anilines is 1. The van der Waals surface area contributed by atoms with E-state index in [0.717, 1.165) is 37.1 Å². The number of urea groups is 1. The van der Waals surface area contributed by atoms with E-state index in [4.69, 9.17) is 11.5 Å². The minimum absolute atomic E-state index is 0.0500. The first-order chi connectivity index (χ1) is 11.0. The molecule has 1 aliphatic carbocycles. The van der Waals surface area contributed by atoms with Crippen LogP contribution >= 0.6 is 0 Å². The number of rotatable bonds is 4. The molecule has 2 heterocycles. The predicted octanol–water partition coefficient (Wildman–Crippen LogP) is 0.935. The Morgan fingerprint density at radius 1 is 1.26 bits per heavy atom. The molecule has 3 aliphatic rings. The van der Waals surface area contributed by atoms with Crippen LogP contribution in [0.2, 0.25) is 0 Å². The largest absolute Gasteiger partial charge is 0.370 e. The lowest BCUT2D eigenvalue weighted by Gasteiger charge is -2.19. The van der Waals surface area contributed by atoms with Crippen LogP contribution in [0.3, 0.4) is 0 Å². The maximum Gasteiger partial charge on any atom is 0.324 e. The number of amides is 3. The van der Waals surface area contributed by atoms with E-state index in [9.17, 15) is 9.59 Å². The number of fused-ring (bicyclic) bond motifs is 1. The quantitative estimate of drug-likeness (QED) is 0.866. The number of benzene rings is 1. The Kier molecular flexibility index (Phi) is 3.13. The summed E-state index contributed by atoms with van der Waals surface area (Å²) in [5.74, 6) is -0.254. The summed E-state index contributed by atoms with van der Waals surface area (Å²) in [6.07, 6.45) is 3.30. The van der Waals surface area contributed by atoms with Crippen molar-refractivity contribution < 1.29 is 9.59 Å². The predicted molar refractivity (Wildman–Crippen MR) is 87.0 cm³/mol. The molecule has 2 saturated heterocycles. The Morgan fingerprint density at radius 3 is 2.52 bits per heavy atom. The zero-order valence-corrected chi connectivity index (χ0v) is 13.1. The minimum Gasteiger partial charge on any atom is -0.370 e. The second-order valence-corrected chi connectivity index (χ2v) is 7.08. The molecule has 0 radical (unpaired) electrons. The lowest BCUT2D eigenvalue weighted by atomic mass is 9.92. The topological polar surface area (TPSA) is 92.7 Å². The van der Waals surface area contributed by atoms with Crippen molar-refractivity contribution in [2.45, 2.75) is 43.2 Å². The van der Waals surface area contributed by atoms with E-state index >= 15 is 0 Å². The second kappa shape index (κ2) is 4.96. The molecule has 4 rings (SSSR count). The summed E-state index contributed by atoms with van der Waals surface area (Å²) in [6, 6.07) is 8.27. The van der Waals surface area contributed by atoms with Crippen LogP contribution in [0.5, 0.6) is 0 Å². The number of hydrogen-bond acceptors (Lipinski definition) is 3. The van der Waals surface area contributed by atoms with Gasteiger partial charge in [0, 0.05) is 36.7 Å². The fourth-order valence-corrected chi connectivity index (χ4v) is 4.03. The molecular formula is C17H22N4O2. The van der Waals surface area contributed by atoms with Gasteiger partial charge in [0.15, 0.2) is 0 Å². The van der Waals surface area contributed by atoms with Crippen molar-refractivity contribution in [2.75, 3.05) is 18.0 Å². The lowest BCUT2D eigenvalue weighted by Crippen LogP contribution is -2.37. The smallest absolute Gasteiger partial charge is 0.324 e. The van der Waals surface area contributed by atoms with E-state index in [1.54, 1.807) is 4.90 Å². The van der Waals surface area contributed by atoms with E-state index in [-0.39, 0.29) is 29.4 Å². The highest BCUT2D eigenvalue weighted by Crippen LogP contribution is 2.51. The Balaban J connectivity index is 1.53. The molecule has 4 N–H and O–H groups in total. The average Bonchev–Trinajstić information content (AvgIpc) is 3.09. The van der Waals surface area contributed by atoms with Gasteiger partial charge in [0.2, 0.25) is 5.91 Å². The maximum absolute atomic E-state index is 12.5. The van der Waals surface area contributed by atoms with Gasteiger partial charge >= 0.3 is 6.03 Å². The fraction of sp³-hybridized carbons (Fsp3) is 0.529. The third-order valence-electron chi connectivity index (χ3n) is 5.60. The highest BCUT2D eigenvalue weighted by molar-refractivity contribution is 5.95. The van der Waals surface area contributed by atoms with Crippen LogP contribution in [-0.2, 0) is 10.2 Å². The molecule has 1 aromatic rings. The summed E-state index contributed by atoms with van der Waals surface area (Å²) >= 11 is 0. The minimum atomic E-state index is -0.254. The van der Waals surface area contributed by atoms with Gasteiger partial charge in [-0.1, -0.05) is 12.1 Å². The molecular weight excluding hydrogens is 292 g/mol. The molecule has 23 heavy (non-hydrogen) atoms. The van der Waals surface area contributed by atoms with Gasteiger partial charge in [0.25, 0.3) is 0 Å². The highest BCUT2D eigenvalue weighted by Gasteiger charge is 2.46. The normalized spacial score (nSPS) is 28.1. The van der Waals surface area contributed by atoms with Crippen LogP contribution in [0, 0.1) is 0 Å². The van der Waals surface area contributed by atoms with Gasteiger partial charge in [-0.05, 0) is 37.0 Å². The Bertz CT molecular complexity index is 653. The van der Waals surface area contributed by atoms with E-state index in [0.29, 0.717) is 13.0 Å². The molecule has 2 atom stereocenters. The third-order valence-corrected chi connectivity index (χ3v) is 5.60. The zero-order valence-electron chi connectivity index (χ0n) is 13.1. The van der Waals surface area contributed by atoms with Crippen molar-refractivity contribution in [1.82, 2.24) is 4.90 Å². The van der Waals surface area contributed by atoms with Crippen LogP contribution < -0.4 is 16.4 Å². The fourth-order valence-electron chi connectivity index (χ4n) is 4.03. The molecule has 6 nitrogen and oxygen atoms in total. The third kappa shape index (κ3) is 2.28. The van der Waals surface area contributed by atoms with E-state index in [1.165, 1.54) is 0 Å². The summed E-state index contributed by atoms with van der Waals surface area (Å²) < 4.78 is 0. The summed E-state index contributed by atoms with van der Waals surface area (Å²) in [7, 11) is 0. The molecule has 1 aromatic carbocycles.